The van der Waals surface area contributed by atoms with Gasteiger partial charge in [-0.1, -0.05) is 30.3 Å². The average Bonchev–Trinajstić information content (AvgIpc) is 3.26. The number of nitrogens with one attached hydrogen (secondary N) is 1. The quantitative estimate of drug-likeness (QED) is 0.848. The van der Waals surface area contributed by atoms with Crippen molar-refractivity contribution in [2.24, 2.45) is 5.41 Å². The van der Waals surface area contributed by atoms with Gasteiger partial charge in [0.2, 0.25) is 5.91 Å². The molecular weight excluding hydrogens is 281 g/mol. The van der Waals surface area contributed by atoms with Crippen LogP contribution in [0.3, 0.4) is 0 Å². The summed E-state index contributed by atoms with van der Waals surface area (Å²) in [5.41, 5.74) is 0.811. The van der Waals surface area contributed by atoms with E-state index in [1.54, 1.807) is 0 Å². The lowest BCUT2D eigenvalue weighted by Gasteiger charge is -2.19. The van der Waals surface area contributed by atoms with Gasteiger partial charge in [-0.3, -0.25) is 4.79 Å². The van der Waals surface area contributed by atoms with Crippen molar-refractivity contribution in [3.8, 4) is 0 Å². The summed E-state index contributed by atoms with van der Waals surface area (Å²) >= 11 is 12.1. The van der Waals surface area contributed by atoms with Crippen molar-refractivity contribution in [3.63, 3.8) is 0 Å². The molecule has 0 bridgehead atoms. The normalized spacial score (nSPS) is 29.6. The second-order valence-electron chi connectivity index (χ2n) is 6.04. The summed E-state index contributed by atoms with van der Waals surface area (Å²) in [5, 5.41) is 3.03. The Kier molecular flexibility index (Phi) is 2.88. The molecule has 0 unspecified atom stereocenters. The Morgan fingerprint density at radius 2 is 1.84 bits per heavy atom. The lowest BCUT2D eigenvalue weighted by molar-refractivity contribution is -0.125. The molecule has 2 aliphatic rings. The van der Waals surface area contributed by atoms with Gasteiger partial charge in [-0.25, -0.2) is 0 Å². The summed E-state index contributed by atoms with van der Waals surface area (Å²) < 4.78 is -0.888. The van der Waals surface area contributed by atoms with E-state index >= 15 is 0 Å². The van der Waals surface area contributed by atoms with Crippen molar-refractivity contribution in [1.29, 1.82) is 0 Å². The van der Waals surface area contributed by atoms with E-state index in [0.717, 1.165) is 12.8 Å². The van der Waals surface area contributed by atoms with Crippen LogP contribution in [0.4, 0.5) is 0 Å². The zero-order valence-electron chi connectivity index (χ0n) is 10.9. The van der Waals surface area contributed by atoms with E-state index in [-0.39, 0.29) is 11.3 Å². The number of hydrogen-bond acceptors (Lipinski definition) is 1. The second kappa shape index (κ2) is 4.13. The molecule has 4 heteroatoms. The highest BCUT2D eigenvalue weighted by Crippen LogP contribution is 2.63. The molecule has 2 nitrogen and oxygen atoms in total. The Morgan fingerprint density at radius 1 is 1.26 bits per heavy atom. The number of rotatable bonds is 4. The summed E-state index contributed by atoms with van der Waals surface area (Å²) in [5.74, 6) is -0.0280. The molecule has 2 fully saturated rings. The summed E-state index contributed by atoms with van der Waals surface area (Å²) in [6, 6.07) is 10.4. The molecule has 1 aromatic rings. The standard InChI is InChI=1S/C15H17Cl2NO/c1-13(9-15(13,16)17)12(19)18-10-14(7-8-14)11-5-3-2-4-6-11/h2-6H,7-10H2,1H3,(H,18,19)/t13-/m1/s1. The van der Waals surface area contributed by atoms with Gasteiger partial charge >= 0.3 is 0 Å². The van der Waals surface area contributed by atoms with E-state index in [2.05, 4.69) is 17.4 Å². The number of alkyl halides is 2. The molecule has 1 amide bonds. The van der Waals surface area contributed by atoms with Crippen molar-refractivity contribution >= 4 is 29.1 Å². The van der Waals surface area contributed by atoms with Gasteiger partial charge in [0.1, 0.15) is 4.33 Å². The molecule has 0 aliphatic heterocycles. The lowest BCUT2D eigenvalue weighted by Crippen LogP contribution is -2.38. The van der Waals surface area contributed by atoms with Gasteiger partial charge < -0.3 is 5.32 Å². The smallest absolute Gasteiger partial charge is 0.229 e. The SMILES string of the molecule is C[C@]1(C(=O)NCC2(c3ccccc3)CC2)CC1(Cl)Cl. The number of halogens is 2. The van der Waals surface area contributed by atoms with Crippen LogP contribution in [-0.2, 0) is 10.2 Å². The molecular formula is C15H17Cl2NO. The maximum atomic E-state index is 12.2. The van der Waals surface area contributed by atoms with Crippen LogP contribution in [-0.4, -0.2) is 16.8 Å². The van der Waals surface area contributed by atoms with Gasteiger partial charge in [0.15, 0.2) is 0 Å². The van der Waals surface area contributed by atoms with Gasteiger partial charge in [-0.15, -0.1) is 23.2 Å². The van der Waals surface area contributed by atoms with Gasteiger partial charge in [0, 0.05) is 12.0 Å². The molecule has 0 spiro atoms. The lowest BCUT2D eigenvalue weighted by atomic mass is 9.95. The van der Waals surface area contributed by atoms with Crippen LogP contribution in [0.2, 0.25) is 0 Å². The van der Waals surface area contributed by atoms with Crippen LogP contribution >= 0.6 is 23.2 Å². The number of carbonyl (C=O) groups is 1. The molecule has 0 aromatic heterocycles. The van der Waals surface area contributed by atoms with Crippen molar-refractivity contribution in [2.75, 3.05) is 6.54 Å². The first-order valence-corrected chi connectivity index (χ1v) is 7.37. The van der Waals surface area contributed by atoms with E-state index in [4.69, 9.17) is 23.2 Å². The highest BCUT2D eigenvalue weighted by Gasteiger charge is 2.68. The van der Waals surface area contributed by atoms with Gasteiger partial charge in [0.05, 0.1) is 5.41 Å². The third kappa shape index (κ3) is 2.15. The summed E-state index contributed by atoms with van der Waals surface area (Å²) in [6.07, 6.45) is 2.79. The second-order valence-corrected chi connectivity index (χ2v) is 7.53. The van der Waals surface area contributed by atoms with Crippen LogP contribution in [0.25, 0.3) is 0 Å². The molecule has 19 heavy (non-hydrogen) atoms. The van der Waals surface area contributed by atoms with E-state index in [9.17, 15) is 4.79 Å². The number of amides is 1. The molecule has 1 aromatic carbocycles. The molecule has 2 saturated carbocycles. The molecule has 0 heterocycles. The van der Waals surface area contributed by atoms with Crippen molar-refractivity contribution in [1.82, 2.24) is 5.32 Å². The van der Waals surface area contributed by atoms with Crippen molar-refractivity contribution < 1.29 is 4.79 Å². The van der Waals surface area contributed by atoms with Crippen LogP contribution in [0, 0.1) is 5.41 Å². The zero-order valence-corrected chi connectivity index (χ0v) is 12.4. The Hall–Kier alpha value is -0.730. The maximum absolute atomic E-state index is 12.2. The monoisotopic (exact) mass is 297 g/mol. The molecule has 102 valence electrons. The van der Waals surface area contributed by atoms with E-state index < -0.39 is 9.75 Å². The first-order valence-electron chi connectivity index (χ1n) is 6.61. The first kappa shape index (κ1) is 13.3. The van der Waals surface area contributed by atoms with Crippen molar-refractivity contribution in [2.45, 2.75) is 35.9 Å². The summed E-state index contributed by atoms with van der Waals surface area (Å²) in [6.45, 7) is 2.50. The van der Waals surface area contributed by atoms with E-state index in [1.165, 1.54) is 5.56 Å². The molecule has 0 radical (unpaired) electrons. The molecule has 1 N–H and O–H groups in total. The van der Waals surface area contributed by atoms with Crippen LogP contribution in [0.5, 0.6) is 0 Å². The fourth-order valence-electron chi connectivity index (χ4n) is 2.60. The Morgan fingerprint density at radius 3 is 2.32 bits per heavy atom. The van der Waals surface area contributed by atoms with Gasteiger partial charge in [-0.2, -0.15) is 0 Å². The molecule has 1 atom stereocenters. The average molecular weight is 298 g/mol. The fraction of sp³-hybridized carbons (Fsp3) is 0.533. The number of benzene rings is 1. The molecule has 2 aliphatic carbocycles. The van der Waals surface area contributed by atoms with Crippen LogP contribution < -0.4 is 5.32 Å². The fourth-order valence-corrected chi connectivity index (χ4v) is 3.31. The van der Waals surface area contributed by atoms with Crippen LogP contribution in [0.15, 0.2) is 30.3 Å². The number of hydrogen-bond donors (Lipinski definition) is 1. The van der Waals surface area contributed by atoms with Crippen molar-refractivity contribution in [3.05, 3.63) is 35.9 Å². The Balaban J connectivity index is 1.63. The topological polar surface area (TPSA) is 29.1 Å². The van der Waals surface area contributed by atoms with E-state index in [0.29, 0.717) is 13.0 Å². The third-order valence-electron chi connectivity index (χ3n) is 4.59. The minimum Gasteiger partial charge on any atom is -0.355 e. The maximum Gasteiger partial charge on any atom is 0.229 e. The highest BCUT2D eigenvalue weighted by molar-refractivity contribution is 6.53. The molecule has 0 saturated heterocycles. The summed E-state index contributed by atoms with van der Waals surface area (Å²) in [7, 11) is 0. The predicted molar refractivity (Wildman–Crippen MR) is 77.5 cm³/mol. The molecule has 3 rings (SSSR count). The highest BCUT2D eigenvalue weighted by atomic mass is 35.5. The summed E-state index contributed by atoms with van der Waals surface area (Å²) in [4.78, 5) is 12.2. The third-order valence-corrected chi connectivity index (χ3v) is 5.69. The van der Waals surface area contributed by atoms with Crippen LogP contribution in [0.1, 0.15) is 31.7 Å². The Labute approximate surface area is 123 Å². The first-order chi connectivity index (χ1) is 8.90. The van der Waals surface area contributed by atoms with E-state index in [1.807, 2.05) is 25.1 Å². The number of carbonyl (C=O) groups excluding carboxylic acids is 1. The zero-order chi connectivity index (χ0) is 13.7. The largest absolute Gasteiger partial charge is 0.355 e. The Bertz CT molecular complexity index is 510. The van der Waals surface area contributed by atoms with Gasteiger partial charge in [0.25, 0.3) is 0 Å². The van der Waals surface area contributed by atoms with Gasteiger partial charge in [-0.05, 0) is 31.7 Å². The predicted octanol–water partition coefficient (Wildman–Crippen LogP) is 3.42. The minimum absolute atomic E-state index is 0.0280. The minimum atomic E-state index is -0.888.